The maximum atomic E-state index is 12.7. The molecule has 0 aliphatic rings. The van der Waals surface area contributed by atoms with Gasteiger partial charge in [-0.2, -0.15) is 0 Å². The molecule has 0 saturated carbocycles. The molecule has 0 aromatic heterocycles. The fraction of sp³-hybridized carbons (Fsp3) is 0.882. The lowest BCUT2D eigenvalue weighted by molar-refractivity contribution is -0.173. The van der Waals surface area contributed by atoms with Gasteiger partial charge < -0.3 is 18.7 Å². The largest absolute Gasteiger partial charge is 0.458 e. The highest BCUT2D eigenvalue weighted by molar-refractivity contribution is 6.74. The molecule has 0 aliphatic heterocycles. The Morgan fingerprint density at radius 3 is 1.87 bits per heavy atom. The molecule has 0 rings (SSSR count). The summed E-state index contributed by atoms with van der Waals surface area (Å²) >= 11 is 0. The van der Waals surface area contributed by atoms with Crippen molar-refractivity contribution in [2.75, 3.05) is 7.11 Å². The Balaban J connectivity index is 5.62. The summed E-state index contributed by atoms with van der Waals surface area (Å²) in [5.74, 6) is -0.954. The number of carbonyl (C=O) groups is 2. The molecule has 6 heteroatoms. The summed E-state index contributed by atoms with van der Waals surface area (Å²) in [5.41, 5.74) is -0.630. The zero-order chi connectivity index (χ0) is 18.6. The van der Waals surface area contributed by atoms with Crippen LogP contribution in [0, 0.1) is 5.92 Å². The molecule has 0 aromatic carbocycles. The van der Waals surface area contributed by atoms with Crippen molar-refractivity contribution >= 4 is 20.6 Å². The topological polar surface area (TPSA) is 61.8 Å². The van der Waals surface area contributed by atoms with Crippen LogP contribution in [0.1, 0.15) is 48.5 Å². The Morgan fingerprint density at radius 2 is 1.57 bits per heavy atom. The first-order valence-electron chi connectivity index (χ1n) is 8.05. The van der Waals surface area contributed by atoms with E-state index in [0.29, 0.717) is 0 Å². The van der Waals surface area contributed by atoms with Gasteiger partial charge in [-0.3, -0.25) is 0 Å². The Morgan fingerprint density at radius 1 is 1.09 bits per heavy atom. The van der Waals surface area contributed by atoms with Crippen LogP contribution in [0.15, 0.2) is 0 Å². The lowest BCUT2D eigenvalue weighted by Gasteiger charge is -2.41. The quantitative estimate of drug-likeness (QED) is 0.401. The summed E-state index contributed by atoms with van der Waals surface area (Å²) in [6, 6.07) is 0. The maximum absolute atomic E-state index is 12.7. The van der Waals surface area contributed by atoms with E-state index in [-0.39, 0.29) is 5.04 Å². The highest BCUT2D eigenvalue weighted by Crippen LogP contribution is 2.38. The highest BCUT2D eigenvalue weighted by atomic mass is 28.4. The Kier molecular flexibility index (Phi) is 7.65. The average molecular weight is 347 g/mol. The molecular weight excluding hydrogens is 312 g/mol. The molecule has 0 aliphatic carbocycles. The number of ether oxygens (including phenoxy) is 2. The number of hydrogen-bond donors (Lipinski definition) is 0. The Labute approximate surface area is 142 Å². The van der Waals surface area contributed by atoms with Crippen molar-refractivity contribution in [2.24, 2.45) is 5.92 Å². The van der Waals surface area contributed by atoms with Crippen molar-refractivity contribution < 1.29 is 23.5 Å². The molecule has 0 spiro atoms. The van der Waals surface area contributed by atoms with Crippen LogP contribution >= 0.6 is 0 Å². The fourth-order valence-corrected chi connectivity index (χ4v) is 3.01. The van der Waals surface area contributed by atoms with Crippen molar-refractivity contribution in [3.8, 4) is 0 Å². The van der Waals surface area contributed by atoms with Gasteiger partial charge in [-0.15, -0.1) is 0 Å². The molecule has 0 unspecified atom stereocenters. The normalized spacial score (nSPS) is 17.3. The van der Waals surface area contributed by atoms with E-state index in [0.717, 1.165) is 6.29 Å². The summed E-state index contributed by atoms with van der Waals surface area (Å²) in [4.78, 5) is 23.9. The first kappa shape index (κ1) is 22.3. The number of rotatable bonds is 7. The lowest BCUT2D eigenvalue weighted by atomic mass is 10.0. The number of aldehydes is 1. The van der Waals surface area contributed by atoms with Crippen LogP contribution in [0.3, 0.4) is 0 Å². The van der Waals surface area contributed by atoms with E-state index in [2.05, 4.69) is 33.9 Å². The van der Waals surface area contributed by atoms with E-state index >= 15 is 0 Å². The summed E-state index contributed by atoms with van der Waals surface area (Å²) in [5, 5.41) is -0.0734. The minimum atomic E-state index is -2.24. The van der Waals surface area contributed by atoms with Crippen molar-refractivity contribution in [3.05, 3.63) is 0 Å². The van der Waals surface area contributed by atoms with Gasteiger partial charge in [0.1, 0.15) is 18.0 Å². The molecule has 0 heterocycles. The molecule has 0 fully saturated rings. The van der Waals surface area contributed by atoms with Gasteiger partial charge in [0.05, 0.1) is 0 Å². The molecule has 0 radical (unpaired) electrons. The molecule has 5 nitrogen and oxygen atoms in total. The van der Waals surface area contributed by atoms with Crippen LogP contribution in [0.5, 0.6) is 0 Å². The third-order valence-corrected chi connectivity index (χ3v) is 8.63. The van der Waals surface area contributed by atoms with E-state index in [1.165, 1.54) is 7.11 Å². The van der Waals surface area contributed by atoms with Gasteiger partial charge in [0.25, 0.3) is 0 Å². The summed E-state index contributed by atoms with van der Waals surface area (Å²) in [7, 11) is -0.757. The summed E-state index contributed by atoms with van der Waals surface area (Å²) < 4.78 is 17.2. The third kappa shape index (κ3) is 6.73. The molecule has 0 bridgehead atoms. The van der Waals surface area contributed by atoms with Gasteiger partial charge in [-0.05, 0) is 38.9 Å². The monoisotopic (exact) mass is 346 g/mol. The minimum Gasteiger partial charge on any atom is -0.458 e. The number of methoxy groups -OCH3 is 1. The molecule has 0 aromatic rings. The second-order valence-electron chi connectivity index (χ2n) is 8.53. The van der Waals surface area contributed by atoms with Gasteiger partial charge in [0.2, 0.25) is 0 Å². The van der Waals surface area contributed by atoms with Crippen molar-refractivity contribution in [3.63, 3.8) is 0 Å². The van der Waals surface area contributed by atoms with Crippen LogP contribution in [-0.2, 0) is 23.5 Å². The van der Waals surface area contributed by atoms with E-state index in [9.17, 15) is 9.59 Å². The maximum Gasteiger partial charge on any atom is 0.337 e. The second-order valence-corrected chi connectivity index (χ2v) is 13.3. The molecule has 0 N–H and O–H groups in total. The molecule has 3 atom stereocenters. The molecular formula is C17H34O5Si. The predicted molar refractivity (Wildman–Crippen MR) is 93.9 cm³/mol. The van der Waals surface area contributed by atoms with Crippen LogP contribution in [0.4, 0.5) is 0 Å². The Bertz CT molecular complexity index is 406. The van der Waals surface area contributed by atoms with Gasteiger partial charge in [-0.25, -0.2) is 4.79 Å². The van der Waals surface area contributed by atoms with E-state index in [1.807, 2.05) is 0 Å². The summed E-state index contributed by atoms with van der Waals surface area (Å²) in [6.07, 6.45) is -0.808. The lowest BCUT2D eigenvalue weighted by Crippen LogP contribution is -2.53. The van der Waals surface area contributed by atoms with E-state index in [1.54, 1.807) is 27.7 Å². The standard InChI is InChI=1S/C17H34O5Si/c1-12(11-18)13(20-8)14(15(19)21-16(2,3)4)22-23(9,10)17(5,6)7/h11-14H,1-10H3/t12-,13+,14-/m1/s1. The zero-order valence-electron chi connectivity index (χ0n) is 16.4. The van der Waals surface area contributed by atoms with Crippen LogP contribution in [0.2, 0.25) is 18.1 Å². The van der Waals surface area contributed by atoms with E-state index in [4.69, 9.17) is 13.9 Å². The van der Waals surface area contributed by atoms with Crippen molar-refractivity contribution in [1.82, 2.24) is 0 Å². The molecule has 0 amide bonds. The number of esters is 1. The van der Waals surface area contributed by atoms with E-state index < -0.39 is 38.0 Å². The zero-order valence-corrected chi connectivity index (χ0v) is 17.4. The van der Waals surface area contributed by atoms with Gasteiger partial charge in [0, 0.05) is 13.0 Å². The van der Waals surface area contributed by atoms with Gasteiger partial charge in [-0.1, -0.05) is 27.7 Å². The first-order chi connectivity index (χ1) is 10.2. The Hall–Kier alpha value is -0.723. The van der Waals surface area contributed by atoms with Crippen LogP contribution < -0.4 is 0 Å². The number of carbonyl (C=O) groups excluding carboxylic acids is 2. The van der Waals surface area contributed by atoms with Gasteiger partial charge in [0.15, 0.2) is 14.4 Å². The highest BCUT2D eigenvalue weighted by Gasteiger charge is 2.45. The minimum absolute atomic E-state index is 0.0734. The SMILES string of the molecule is CO[C@@H]([C@H](C)C=O)[C@@H](O[Si](C)(C)C(C)(C)C)C(=O)OC(C)(C)C. The van der Waals surface area contributed by atoms with Crippen molar-refractivity contribution in [1.29, 1.82) is 0 Å². The average Bonchev–Trinajstić information content (AvgIpc) is 2.34. The third-order valence-electron chi connectivity index (χ3n) is 4.17. The van der Waals surface area contributed by atoms with Crippen LogP contribution in [-0.4, -0.2) is 45.5 Å². The smallest absolute Gasteiger partial charge is 0.337 e. The predicted octanol–water partition coefficient (Wildman–Crippen LogP) is 3.57. The second kappa shape index (κ2) is 7.90. The molecule has 0 saturated heterocycles. The first-order valence-corrected chi connectivity index (χ1v) is 11.0. The van der Waals surface area contributed by atoms with Crippen molar-refractivity contribution in [2.45, 2.75) is 84.4 Å². The summed E-state index contributed by atoms with van der Waals surface area (Å²) in [6.45, 7) is 17.5. The fourth-order valence-electron chi connectivity index (χ4n) is 1.79. The number of hydrogen-bond acceptors (Lipinski definition) is 5. The van der Waals surface area contributed by atoms with Gasteiger partial charge >= 0.3 is 5.97 Å². The van der Waals surface area contributed by atoms with Crippen LogP contribution in [0.25, 0.3) is 0 Å². The molecule has 23 heavy (non-hydrogen) atoms. The molecule has 136 valence electrons.